The summed E-state index contributed by atoms with van der Waals surface area (Å²) in [6.45, 7) is 0.377. The third kappa shape index (κ3) is 5.38. The number of esters is 2. The van der Waals surface area contributed by atoms with Crippen molar-refractivity contribution in [3.05, 3.63) is 35.4 Å². The number of hydrogen-bond acceptors (Lipinski definition) is 6. The standard InChI is InChI=1S/C14H20N2O4/c1-15(2)9-19-13(17)11-6-5-7-12(8-11)14(18)20-10-16(3)4/h5-8H,9-10H2,1-4H3. The fourth-order valence-corrected chi connectivity index (χ4v) is 1.32. The summed E-state index contributed by atoms with van der Waals surface area (Å²) < 4.78 is 10.1. The van der Waals surface area contributed by atoms with Gasteiger partial charge in [0.25, 0.3) is 0 Å². The van der Waals surface area contributed by atoms with Crippen LogP contribution in [0.4, 0.5) is 0 Å². The molecule has 0 aliphatic carbocycles. The van der Waals surface area contributed by atoms with Crippen molar-refractivity contribution in [3.63, 3.8) is 0 Å². The molecule has 0 unspecified atom stereocenters. The van der Waals surface area contributed by atoms with Crippen LogP contribution < -0.4 is 0 Å². The second-order valence-corrected chi connectivity index (χ2v) is 4.86. The Morgan fingerprint density at radius 1 is 0.900 bits per heavy atom. The smallest absolute Gasteiger partial charge is 0.339 e. The van der Waals surface area contributed by atoms with Crippen LogP contribution in [0.5, 0.6) is 0 Å². The van der Waals surface area contributed by atoms with Crippen LogP contribution in [0.25, 0.3) is 0 Å². The van der Waals surface area contributed by atoms with Gasteiger partial charge >= 0.3 is 11.9 Å². The second kappa shape index (κ2) is 7.62. The summed E-state index contributed by atoms with van der Waals surface area (Å²) in [5.74, 6) is -0.943. The highest BCUT2D eigenvalue weighted by Gasteiger charge is 2.12. The third-order valence-corrected chi connectivity index (χ3v) is 2.24. The van der Waals surface area contributed by atoms with Crippen molar-refractivity contribution < 1.29 is 19.1 Å². The van der Waals surface area contributed by atoms with E-state index in [9.17, 15) is 9.59 Å². The minimum atomic E-state index is -0.471. The Balaban J connectivity index is 2.70. The SMILES string of the molecule is CN(C)COC(=O)c1cccc(C(=O)OCN(C)C)c1. The number of rotatable bonds is 6. The van der Waals surface area contributed by atoms with Gasteiger partial charge in [-0.3, -0.25) is 9.80 Å². The van der Waals surface area contributed by atoms with Crippen LogP contribution >= 0.6 is 0 Å². The molecule has 0 atom stereocenters. The Hall–Kier alpha value is -1.92. The highest BCUT2D eigenvalue weighted by Crippen LogP contribution is 2.08. The number of hydrogen-bond donors (Lipinski definition) is 0. The van der Waals surface area contributed by atoms with E-state index in [1.165, 1.54) is 6.07 Å². The van der Waals surface area contributed by atoms with Gasteiger partial charge in [-0.15, -0.1) is 0 Å². The van der Waals surface area contributed by atoms with Crippen LogP contribution in [0.3, 0.4) is 0 Å². The van der Waals surface area contributed by atoms with Gasteiger partial charge in [0.1, 0.15) is 13.5 Å². The minimum Gasteiger partial charge on any atom is -0.446 e. The summed E-state index contributed by atoms with van der Waals surface area (Å²) in [4.78, 5) is 27.0. The van der Waals surface area contributed by atoms with Gasteiger partial charge in [0.15, 0.2) is 0 Å². The molecule has 6 nitrogen and oxygen atoms in total. The van der Waals surface area contributed by atoms with Gasteiger partial charge < -0.3 is 9.47 Å². The van der Waals surface area contributed by atoms with Crippen LogP contribution in [-0.2, 0) is 9.47 Å². The first-order valence-corrected chi connectivity index (χ1v) is 6.14. The van der Waals surface area contributed by atoms with Crippen LogP contribution in [0, 0.1) is 0 Å². The third-order valence-electron chi connectivity index (χ3n) is 2.24. The molecule has 0 radical (unpaired) electrons. The molecular formula is C14H20N2O4. The molecule has 0 N–H and O–H groups in total. The van der Waals surface area contributed by atoms with Crippen molar-refractivity contribution in [3.8, 4) is 0 Å². The van der Waals surface area contributed by atoms with Crippen molar-refractivity contribution in [1.29, 1.82) is 0 Å². The average molecular weight is 280 g/mol. The van der Waals surface area contributed by atoms with E-state index in [4.69, 9.17) is 9.47 Å². The van der Waals surface area contributed by atoms with Gasteiger partial charge in [-0.1, -0.05) is 6.07 Å². The molecule has 110 valence electrons. The minimum absolute atomic E-state index is 0.189. The topological polar surface area (TPSA) is 59.1 Å². The summed E-state index contributed by atoms with van der Waals surface area (Å²) in [5.41, 5.74) is 0.650. The summed E-state index contributed by atoms with van der Waals surface area (Å²) >= 11 is 0. The Morgan fingerprint density at radius 2 is 1.30 bits per heavy atom. The number of carbonyl (C=O) groups excluding carboxylic acids is 2. The van der Waals surface area contributed by atoms with E-state index in [-0.39, 0.29) is 13.5 Å². The quantitative estimate of drug-likeness (QED) is 0.573. The molecule has 0 amide bonds. The Morgan fingerprint density at radius 3 is 1.65 bits per heavy atom. The monoisotopic (exact) mass is 280 g/mol. The van der Waals surface area contributed by atoms with Gasteiger partial charge in [-0.25, -0.2) is 9.59 Å². The molecule has 20 heavy (non-hydrogen) atoms. The number of ether oxygens (including phenoxy) is 2. The molecule has 1 rings (SSSR count). The summed E-state index contributed by atoms with van der Waals surface area (Å²) in [6, 6.07) is 6.29. The first-order valence-electron chi connectivity index (χ1n) is 6.14. The maximum Gasteiger partial charge on any atom is 0.339 e. The molecule has 1 aromatic rings. The zero-order chi connectivity index (χ0) is 15.1. The Kier molecular flexibility index (Phi) is 6.14. The van der Waals surface area contributed by atoms with Crippen LogP contribution in [0.2, 0.25) is 0 Å². The van der Waals surface area contributed by atoms with E-state index in [0.717, 1.165) is 0 Å². The van der Waals surface area contributed by atoms with Crippen molar-refractivity contribution in [2.75, 3.05) is 41.7 Å². The molecule has 0 saturated heterocycles. The molecule has 0 aliphatic heterocycles. The van der Waals surface area contributed by atoms with Crippen LogP contribution in [0.15, 0.2) is 24.3 Å². The van der Waals surface area contributed by atoms with E-state index in [1.807, 2.05) is 0 Å². The number of nitrogens with zero attached hydrogens (tertiary/aromatic N) is 2. The lowest BCUT2D eigenvalue weighted by atomic mass is 10.1. The van der Waals surface area contributed by atoms with E-state index < -0.39 is 11.9 Å². The van der Waals surface area contributed by atoms with Gasteiger partial charge in [0.2, 0.25) is 0 Å². The molecule has 0 saturated carbocycles. The molecule has 0 heterocycles. The van der Waals surface area contributed by atoms with Crippen molar-refractivity contribution in [2.24, 2.45) is 0 Å². The molecular weight excluding hydrogens is 260 g/mol. The van der Waals surface area contributed by atoms with Gasteiger partial charge in [-0.05, 0) is 46.4 Å². The molecule has 0 fully saturated rings. The maximum absolute atomic E-state index is 11.8. The van der Waals surface area contributed by atoms with Crippen molar-refractivity contribution in [2.45, 2.75) is 0 Å². The van der Waals surface area contributed by atoms with E-state index in [1.54, 1.807) is 56.2 Å². The van der Waals surface area contributed by atoms with E-state index in [2.05, 4.69) is 0 Å². The maximum atomic E-state index is 11.8. The molecule has 0 aromatic heterocycles. The fraction of sp³-hybridized carbons (Fsp3) is 0.429. The first-order chi connectivity index (χ1) is 9.40. The number of carbonyl (C=O) groups is 2. The molecule has 1 aromatic carbocycles. The Bertz CT molecular complexity index is 433. The zero-order valence-corrected chi connectivity index (χ0v) is 12.3. The average Bonchev–Trinajstić information content (AvgIpc) is 2.42. The highest BCUT2D eigenvalue weighted by molar-refractivity contribution is 5.95. The lowest BCUT2D eigenvalue weighted by molar-refractivity contribution is 0.0316. The first kappa shape index (κ1) is 16.1. The van der Waals surface area contributed by atoms with Gasteiger partial charge in [0, 0.05) is 0 Å². The van der Waals surface area contributed by atoms with Gasteiger partial charge in [0.05, 0.1) is 11.1 Å². The number of benzene rings is 1. The van der Waals surface area contributed by atoms with Gasteiger partial charge in [-0.2, -0.15) is 0 Å². The molecule has 0 bridgehead atoms. The zero-order valence-electron chi connectivity index (χ0n) is 12.3. The summed E-state index contributed by atoms with van der Waals surface area (Å²) in [6.07, 6.45) is 0. The van der Waals surface area contributed by atoms with E-state index >= 15 is 0 Å². The molecule has 0 spiro atoms. The van der Waals surface area contributed by atoms with Crippen LogP contribution in [-0.4, -0.2) is 63.4 Å². The highest BCUT2D eigenvalue weighted by atomic mass is 16.5. The lowest BCUT2D eigenvalue weighted by Gasteiger charge is -2.12. The Labute approximate surface area is 118 Å². The van der Waals surface area contributed by atoms with Crippen molar-refractivity contribution >= 4 is 11.9 Å². The van der Waals surface area contributed by atoms with E-state index in [0.29, 0.717) is 11.1 Å². The van der Waals surface area contributed by atoms with Crippen LogP contribution in [0.1, 0.15) is 20.7 Å². The lowest BCUT2D eigenvalue weighted by Crippen LogP contribution is -2.20. The fourth-order valence-electron chi connectivity index (χ4n) is 1.32. The molecule has 0 aliphatic rings. The summed E-state index contributed by atoms with van der Waals surface area (Å²) in [5, 5.41) is 0. The normalized spacial score (nSPS) is 10.7. The second-order valence-electron chi connectivity index (χ2n) is 4.86. The largest absolute Gasteiger partial charge is 0.446 e. The predicted octanol–water partition coefficient (Wildman–Crippen LogP) is 1.04. The summed E-state index contributed by atoms with van der Waals surface area (Å²) in [7, 11) is 7.18. The molecule has 6 heteroatoms. The van der Waals surface area contributed by atoms with Crippen molar-refractivity contribution in [1.82, 2.24) is 9.80 Å². The predicted molar refractivity (Wildman–Crippen MR) is 74.4 cm³/mol.